The Bertz CT molecular complexity index is 972. The van der Waals surface area contributed by atoms with Crippen LogP contribution >= 0.6 is 23.6 Å². The van der Waals surface area contributed by atoms with Gasteiger partial charge < -0.3 is 4.57 Å². The minimum atomic E-state index is -0.285. The lowest BCUT2D eigenvalue weighted by Gasteiger charge is -2.33. The van der Waals surface area contributed by atoms with E-state index in [0.29, 0.717) is 28.9 Å². The van der Waals surface area contributed by atoms with Gasteiger partial charge in [0.25, 0.3) is 0 Å². The van der Waals surface area contributed by atoms with E-state index in [0.717, 1.165) is 13.0 Å². The largest absolute Gasteiger partial charge is 0.303 e. The van der Waals surface area contributed by atoms with Gasteiger partial charge >= 0.3 is 0 Å². The lowest BCUT2D eigenvalue weighted by Crippen LogP contribution is -2.35. The van der Waals surface area contributed by atoms with E-state index in [4.69, 9.17) is 12.2 Å². The Labute approximate surface area is 155 Å². The number of fused-ring (bicyclic) bond motifs is 1. The highest BCUT2D eigenvalue weighted by Crippen LogP contribution is 2.33. The molecule has 0 aliphatic carbocycles. The van der Waals surface area contributed by atoms with Gasteiger partial charge in [0, 0.05) is 24.5 Å². The summed E-state index contributed by atoms with van der Waals surface area (Å²) in [6.45, 7) is 3.80. The van der Waals surface area contributed by atoms with Gasteiger partial charge in [-0.15, -0.1) is 11.3 Å². The molecule has 0 N–H and O–H groups in total. The van der Waals surface area contributed by atoms with E-state index < -0.39 is 0 Å². The second kappa shape index (κ2) is 6.48. The van der Waals surface area contributed by atoms with Crippen molar-refractivity contribution in [2.75, 3.05) is 6.54 Å². The smallest absolute Gasteiger partial charge is 0.199 e. The SMILES string of the molecule is C[C@@H]1c2ccsc2CCN1Cn1nc(-c2ccccc2F)n(C)c1=S. The molecule has 0 bridgehead atoms. The van der Waals surface area contributed by atoms with Crippen LogP contribution in [0.1, 0.15) is 23.4 Å². The average Bonchev–Trinajstić information content (AvgIpc) is 3.19. The summed E-state index contributed by atoms with van der Waals surface area (Å²) in [5.74, 6) is 0.274. The first-order valence-corrected chi connectivity index (χ1v) is 9.54. The highest BCUT2D eigenvalue weighted by Gasteiger charge is 2.25. The quantitative estimate of drug-likeness (QED) is 0.636. The van der Waals surface area contributed by atoms with Crippen molar-refractivity contribution in [2.45, 2.75) is 26.1 Å². The van der Waals surface area contributed by atoms with Gasteiger partial charge in [-0.2, -0.15) is 5.10 Å². The Morgan fingerprint density at radius 1 is 1.32 bits per heavy atom. The summed E-state index contributed by atoms with van der Waals surface area (Å²) < 4.78 is 18.3. The van der Waals surface area contributed by atoms with Crippen molar-refractivity contribution in [3.8, 4) is 11.4 Å². The van der Waals surface area contributed by atoms with Crippen molar-refractivity contribution in [3.63, 3.8) is 0 Å². The van der Waals surface area contributed by atoms with Gasteiger partial charge in [-0.05, 0) is 54.7 Å². The van der Waals surface area contributed by atoms with Crippen LogP contribution in [0.3, 0.4) is 0 Å². The topological polar surface area (TPSA) is 26.0 Å². The number of hydrogen-bond acceptors (Lipinski definition) is 4. The van der Waals surface area contributed by atoms with Crippen LogP contribution in [0.5, 0.6) is 0 Å². The van der Waals surface area contributed by atoms with Crippen LogP contribution < -0.4 is 0 Å². The van der Waals surface area contributed by atoms with E-state index >= 15 is 0 Å². The van der Waals surface area contributed by atoms with E-state index in [1.165, 1.54) is 16.5 Å². The summed E-state index contributed by atoms with van der Waals surface area (Å²) in [7, 11) is 1.84. The summed E-state index contributed by atoms with van der Waals surface area (Å²) in [5, 5.41) is 6.77. The Morgan fingerprint density at radius 3 is 2.92 bits per heavy atom. The van der Waals surface area contributed by atoms with Crippen LogP contribution in [0.25, 0.3) is 11.4 Å². The lowest BCUT2D eigenvalue weighted by molar-refractivity contribution is 0.144. The molecule has 1 aliphatic heterocycles. The maximum atomic E-state index is 14.1. The van der Waals surface area contributed by atoms with Crippen molar-refractivity contribution in [1.29, 1.82) is 0 Å². The summed E-state index contributed by atoms with van der Waals surface area (Å²) in [4.78, 5) is 3.84. The molecule has 0 spiro atoms. The molecule has 25 heavy (non-hydrogen) atoms. The molecule has 0 amide bonds. The number of rotatable bonds is 3. The Morgan fingerprint density at radius 2 is 2.12 bits per heavy atom. The molecule has 1 aliphatic rings. The normalized spacial score (nSPS) is 17.6. The van der Waals surface area contributed by atoms with E-state index in [1.807, 2.05) is 24.5 Å². The molecule has 130 valence electrons. The fraction of sp³-hybridized carbons (Fsp3) is 0.333. The second-order valence-corrected chi connectivity index (χ2v) is 7.69. The standard InChI is InChI=1S/C18H19FN4S2/c1-12-13-8-10-25-16(13)7-9-22(12)11-23-18(24)21(2)17(20-23)14-5-3-4-6-15(14)19/h3-6,8,10,12H,7,9,11H2,1-2H3/t12-/m1/s1. The first-order valence-electron chi connectivity index (χ1n) is 8.25. The Kier molecular flexibility index (Phi) is 4.31. The molecule has 3 heterocycles. The molecule has 0 unspecified atom stereocenters. The minimum Gasteiger partial charge on any atom is -0.303 e. The van der Waals surface area contributed by atoms with Crippen molar-refractivity contribution < 1.29 is 4.39 Å². The molecule has 1 atom stereocenters. The van der Waals surface area contributed by atoms with Crippen molar-refractivity contribution in [2.24, 2.45) is 7.05 Å². The number of thiophene rings is 1. The highest BCUT2D eigenvalue weighted by molar-refractivity contribution is 7.71. The first-order chi connectivity index (χ1) is 12.1. The summed E-state index contributed by atoms with van der Waals surface area (Å²) in [6.07, 6.45) is 1.05. The summed E-state index contributed by atoms with van der Waals surface area (Å²) >= 11 is 7.37. The fourth-order valence-electron chi connectivity index (χ4n) is 3.38. The van der Waals surface area contributed by atoms with Crippen molar-refractivity contribution in [3.05, 3.63) is 56.7 Å². The molecule has 2 aromatic heterocycles. The molecule has 0 saturated heterocycles. The zero-order valence-corrected chi connectivity index (χ0v) is 15.8. The van der Waals surface area contributed by atoms with Gasteiger partial charge in [0.2, 0.25) is 0 Å². The van der Waals surface area contributed by atoms with E-state index in [-0.39, 0.29) is 5.82 Å². The van der Waals surface area contributed by atoms with E-state index in [2.05, 4.69) is 28.4 Å². The predicted octanol–water partition coefficient (Wildman–Crippen LogP) is 4.40. The molecule has 4 nitrogen and oxygen atoms in total. The molecule has 1 aromatic carbocycles. The zero-order valence-electron chi connectivity index (χ0n) is 14.1. The number of hydrogen-bond donors (Lipinski definition) is 0. The number of nitrogens with zero attached hydrogens (tertiary/aromatic N) is 4. The van der Waals surface area contributed by atoms with Gasteiger partial charge in [0.1, 0.15) is 5.82 Å². The van der Waals surface area contributed by atoms with Crippen LogP contribution in [0, 0.1) is 10.6 Å². The zero-order chi connectivity index (χ0) is 17.6. The number of benzene rings is 1. The molecule has 0 radical (unpaired) electrons. The molecule has 7 heteroatoms. The highest BCUT2D eigenvalue weighted by atomic mass is 32.1. The van der Waals surface area contributed by atoms with Gasteiger partial charge in [0.15, 0.2) is 10.6 Å². The van der Waals surface area contributed by atoms with Crippen LogP contribution in [-0.2, 0) is 20.1 Å². The molecule has 4 rings (SSSR count). The van der Waals surface area contributed by atoms with Gasteiger partial charge in [-0.25, -0.2) is 9.07 Å². The third-order valence-corrected chi connectivity index (χ3v) is 6.36. The predicted molar refractivity (Wildman–Crippen MR) is 101 cm³/mol. The monoisotopic (exact) mass is 374 g/mol. The number of aromatic nitrogens is 3. The van der Waals surface area contributed by atoms with Crippen LogP contribution in [0.15, 0.2) is 35.7 Å². The third kappa shape index (κ3) is 2.86. The molecular formula is C18H19FN4S2. The van der Waals surface area contributed by atoms with Crippen LogP contribution in [0.2, 0.25) is 0 Å². The number of halogens is 1. The average molecular weight is 375 g/mol. The van der Waals surface area contributed by atoms with E-state index in [9.17, 15) is 4.39 Å². The maximum Gasteiger partial charge on any atom is 0.199 e. The van der Waals surface area contributed by atoms with Crippen molar-refractivity contribution in [1.82, 2.24) is 19.2 Å². The lowest BCUT2D eigenvalue weighted by atomic mass is 10.0. The van der Waals surface area contributed by atoms with Crippen LogP contribution in [0.4, 0.5) is 4.39 Å². The first kappa shape index (κ1) is 16.6. The van der Waals surface area contributed by atoms with Crippen LogP contribution in [-0.4, -0.2) is 25.8 Å². The molecule has 3 aromatic rings. The van der Waals surface area contributed by atoms with E-state index in [1.54, 1.807) is 21.4 Å². The summed E-state index contributed by atoms with van der Waals surface area (Å²) in [6, 6.07) is 9.21. The molecular weight excluding hydrogens is 355 g/mol. The minimum absolute atomic E-state index is 0.285. The fourth-order valence-corrected chi connectivity index (χ4v) is 4.53. The summed E-state index contributed by atoms with van der Waals surface area (Å²) in [5.41, 5.74) is 1.87. The van der Waals surface area contributed by atoms with Gasteiger partial charge in [0.05, 0.1) is 12.2 Å². The molecule has 0 saturated carbocycles. The van der Waals surface area contributed by atoms with Gasteiger partial charge in [-0.1, -0.05) is 12.1 Å². The van der Waals surface area contributed by atoms with Crippen molar-refractivity contribution >= 4 is 23.6 Å². The third-order valence-electron chi connectivity index (χ3n) is 4.88. The van der Waals surface area contributed by atoms with Gasteiger partial charge in [-0.3, -0.25) is 4.90 Å². The maximum absolute atomic E-state index is 14.1. The second-order valence-electron chi connectivity index (χ2n) is 6.32. The molecule has 0 fully saturated rings. The Balaban J connectivity index is 1.66. The Hall–Kier alpha value is -1.83.